The molecular weight excluding hydrogens is 288 g/mol. The molecule has 0 saturated heterocycles. The van der Waals surface area contributed by atoms with Crippen LogP contribution >= 0.6 is 15.9 Å². The second-order valence-electron chi connectivity index (χ2n) is 5.88. The second kappa shape index (κ2) is 9.15. The first-order chi connectivity index (χ1) is 7.94. The molecule has 0 aliphatic carbocycles. The lowest BCUT2D eigenvalue weighted by atomic mass is 9.99. The third-order valence-corrected chi connectivity index (χ3v) is 4.52. The van der Waals surface area contributed by atoms with E-state index < -0.39 is 8.07 Å². The molecule has 0 aromatic carbocycles. The summed E-state index contributed by atoms with van der Waals surface area (Å²) in [6.07, 6.45) is 7.65. The number of allylic oxidation sites excluding steroid dienone is 2. The zero-order valence-electron chi connectivity index (χ0n) is 12.3. The minimum absolute atomic E-state index is 1.11. The van der Waals surface area contributed by atoms with Crippen LogP contribution in [0.25, 0.3) is 0 Å². The Morgan fingerprint density at radius 2 is 1.41 bits per heavy atom. The maximum absolute atomic E-state index is 3.56. The highest BCUT2D eigenvalue weighted by Crippen LogP contribution is 2.25. The van der Waals surface area contributed by atoms with Gasteiger partial charge in [-0.05, 0) is 36.2 Å². The summed E-state index contributed by atoms with van der Waals surface area (Å²) >= 11 is 3.56. The fraction of sp³-hybridized carbons (Fsp3) is 0.733. The van der Waals surface area contributed by atoms with E-state index in [4.69, 9.17) is 0 Å². The van der Waals surface area contributed by atoms with Crippen LogP contribution in [0.5, 0.6) is 0 Å². The quantitative estimate of drug-likeness (QED) is 0.356. The van der Waals surface area contributed by atoms with Crippen molar-refractivity contribution in [3.05, 3.63) is 21.8 Å². The van der Waals surface area contributed by atoms with Crippen molar-refractivity contribution in [2.24, 2.45) is 0 Å². The molecule has 0 unspecified atom stereocenters. The Labute approximate surface area is 118 Å². The van der Waals surface area contributed by atoms with Crippen LogP contribution < -0.4 is 0 Å². The molecule has 0 fully saturated rings. The van der Waals surface area contributed by atoms with Crippen LogP contribution in [0.15, 0.2) is 21.8 Å². The van der Waals surface area contributed by atoms with E-state index >= 15 is 0 Å². The molecule has 0 heterocycles. The van der Waals surface area contributed by atoms with Gasteiger partial charge >= 0.3 is 0 Å². The number of rotatable bonds is 8. The van der Waals surface area contributed by atoms with Crippen molar-refractivity contribution in [3.8, 4) is 0 Å². The molecule has 2 heteroatoms. The monoisotopic (exact) mass is 316 g/mol. The van der Waals surface area contributed by atoms with E-state index in [0.29, 0.717) is 0 Å². The lowest BCUT2D eigenvalue weighted by Crippen LogP contribution is -2.17. The number of unbranched alkanes of at least 4 members (excludes halogenated alkanes) is 2. The summed E-state index contributed by atoms with van der Waals surface area (Å²) in [7, 11) is -1.11. The van der Waals surface area contributed by atoms with Gasteiger partial charge in [0.2, 0.25) is 0 Å². The first-order valence-electron chi connectivity index (χ1n) is 6.96. The Bertz CT molecular complexity index is 259. The van der Waals surface area contributed by atoms with Crippen LogP contribution in [0.3, 0.4) is 0 Å². The minimum Gasteiger partial charge on any atom is -0.0916 e. The van der Waals surface area contributed by atoms with Gasteiger partial charge in [0.1, 0.15) is 0 Å². The van der Waals surface area contributed by atoms with Crippen molar-refractivity contribution >= 4 is 24.0 Å². The normalized spacial score (nSPS) is 14.2. The molecule has 0 nitrogen and oxygen atoms in total. The van der Waals surface area contributed by atoms with E-state index in [9.17, 15) is 0 Å². The van der Waals surface area contributed by atoms with Crippen molar-refractivity contribution in [1.82, 2.24) is 0 Å². The fourth-order valence-corrected chi connectivity index (χ4v) is 3.77. The highest BCUT2D eigenvalue weighted by molar-refractivity contribution is 9.11. The fourth-order valence-electron chi connectivity index (χ4n) is 1.87. The van der Waals surface area contributed by atoms with E-state index in [1.54, 1.807) is 5.57 Å². The largest absolute Gasteiger partial charge is 0.0916 e. The van der Waals surface area contributed by atoms with Gasteiger partial charge < -0.3 is 0 Å². The molecule has 0 radical (unpaired) electrons. The standard InChI is InChI=1S/C15H29BrSi/c1-6-8-10-14(12-16)15(11-9-7-2)13-17(3,4)5/h12-13H,6-11H2,1-5H3/b14-12-,15-13+. The lowest BCUT2D eigenvalue weighted by molar-refractivity contribution is 0.754. The molecule has 0 aliphatic rings. The average Bonchev–Trinajstić information content (AvgIpc) is 2.24. The Morgan fingerprint density at radius 3 is 1.76 bits per heavy atom. The van der Waals surface area contributed by atoms with Crippen LogP contribution in [0.2, 0.25) is 19.6 Å². The van der Waals surface area contributed by atoms with Gasteiger partial charge in [0.15, 0.2) is 0 Å². The summed E-state index contributed by atoms with van der Waals surface area (Å²) < 4.78 is 0. The lowest BCUT2D eigenvalue weighted by Gasteiger charge is -2.17. The predicted octanol–water partition coefficient (Wildman–Crippen LogP) is 6.45. The zero-order valence-corrected chi connectivity index (χ0v) is 14.9. The average molecular weight is 317 g/mol. The van der Waals surface area contributed by atoms with Gasteiger partial charge in [-0.1, -0.05) is 73.5 Å². The smallest absolute Gasteiger partial charge is 0.0690 e. The first kappa shape index (κ1) is 17.2. The molecule has 100 valence electrons. The first-order valence-corrected chi connectivity index (χ1v) is 11.4. The molecule has 0 atom stereocenters. The van der Waals surface area contributed by atoms with Gasteiger partial charge in [0, 0.05) is 0 Å². The Kier molecular flexibility index (Phi) is 9.25. The van der Waals surface area contributed by atoms with E-state index in [2.05, 4.69) is 60.1 Å². The van der Waals surface area contributed by atoms with E-state index in [0.717, 1.165) is 0 Å². The Balaban J connectivity index is 4.82. The molecule has 0 aromatic heterocycles. The SMILES string of the molecule is CCCCC(=C/Br)/C(=C/[Si](C)(C)C)CCCC. The van der Waals surface area contributed by atoms with Crippen molar-refractivity contribution in [1.29, 1.82) is 0 Å². The molecule has 0 aromatic rings. The minimum atomic E-state index is -1.11. The van der Waals surface area contributed by atoms with E-state index in [1.165, 1.54) is 44.1 Å². The second-order valence-corrected chi connectivity index (χ2v) is 11.4. The van der Waals surface area contributed by atoms with Crippen LogP contribution in [0.4, 0.5) is 0 Å². The predicted molar refractivity (Wildman–Crippen MR) is 87.5 cm³/mol. The van der Waals surface area contributed by atoms with Gasteiger partial charge in [-0.2, -0.15) is 0 Å². The van der Waals surface area contributed by atoms with Crippen LogP contribution in [0, 0.1) is 0 Å². The summed E-state index contributed by atoms with van der Waals surface area (Å²) in [6.45, 7) is 11.8. The van der Waals surface area contributed by atoms with Gasteiger partial charge in [0.25, 0.3) is 0 Å². The Hall–Kier alpha value is 0.177. The molecule has 0 N–H and O–H groups in total. The maximum atomic E-state index is 3.56. The van der Waals surface area contributed by atoms with Gasteiger partial charge in [-0.3, -0.25) is 0 Å². The van der Waals surface area contributed by atoms with Crippen LogP contribution in [-0.4, -0.2) is 8.07 Å². The molecule has 0 amide bonds. The molecule has 17 heavy (non-hydrogen) atoms. The van der Waals surface area contributed by atoms with E-state index in [1.807, 2.05) is 0 Å². The van der Waals surface area contributed by atoms with Crippen LogP contribution in [-0.2, 0) is 0 Å². The number of hydrogen-bond acceptors (Lipinski definition) is 0. The zero-order chi connectivity index (χ0) is 13.3. The summed E-state index contributed by atoms with van der Waals surface area (Å²) in [4.78, 5) is 2.16. The topological polar surface area (TPSA) is 0 Å². The highest BCUT2D eigenvalue weighted by Gasteiger charge is 2.13. The molecular formula is C15H29BrSi. The van der Waals surface area contributed by atoms with Crippen molar-refractivity contribution in [2.75, 3.05) is 0 Å². The van der Waals surface area contributed by atoms with Crippen molar-refractivity contribution in [2.45, 2.75) is 72.0 Å². The van der Waals surface area contributed by atoms with Crippen molar-refractivity contribution in [3.63, 3.8) is 0 Å². The van der Waals surface area contributed by atoms with Gasteiger partial charge in [-0.15, -0.1) is 0 Å². The maximum Gasteiger partial charge on any atom is 0.0690 e. The third-order valence-electron chi connectivity index (χ3n) is 2.75. The van der Waals surface area contributed by atoms with Crippen molar-refractivity contribution < 1.29 is 0 Å². The molecule has 0 spiro atoms. The summed E-state index contributed by atoms with van der Waals surface area (Å²) in [6, 6.07) is 0. The number of hydrogen-bond donors (Lipinski definition) is 0. The number of halogens is 1. The summed E-state index contributed by atoms with van der Waals surface area (Å²) in [5, 5.41) is 0. The summed E-state index contributed by atoms with van der Waals surface area (Å²) in [5.41, 5.74) is 5.73. The van der Waals surface area contributed by atoms with Crippen LogP contribution in [0.1, 0.15) is 52.4 Å². The van der Waals surface area contributed by atoms with Gasteiger partial charge in [-0.25, -0.2) is 0 Å². The molecule has 0 rings (SSSR count). The molecule has 0 saturated carbocycles. The molecule has 0 aliphatic heterocycles. The Morgan fingerprint density at radius 1 is 0.941 bits per heavy atom. The van der Waals surface area contributed by atoms with Gasteiger partial charge in [0.05, 0.1) is 8.07 Å². The third kappa shape index (κ3) is 8.84. The van der Waals surface area contributed by atoms with E-state index in [-0.39, 0.29) is 0 Å². The summed E-state index contributed by atoms with van der Waals surface area (Å²) in [5.74, 6) is 0. The molecule has 0 bridgehead atoms. The highest BCUT2D eigenvalue weighted by atomic mass is 79.9.